The lowest BCUT2D eigenvalue weighted by atomic mass is 10.1. The van der Waals surface area contributed by atoms with Gasteiger partial charge in [0.15, 0.2) is 0 Å². The van der Waals surface area contributed by atoms with Crippen molar-refractivity contribution in [3.63, 3.8) is 0 Å². The zero-order valence-electron chi connectivity index (χ0n) is 11.9. The van der Waals surface area contributed by atoms with Crippen LogP contribution in [0.25, 0.3) is 0 Å². The molecule has 0 saturated carbocycles. The van der Waals surface area contributed by atoms with Crippen molar-refractivity contribution >= 4 is 11.8 Å². The van der Waals surface area contributed by atoms with Gasteiger partial charge in [0.1, 0.15) is 5.75 Å². The first kappa shape index (κ1) is 16.2. The Morgan fingerprint density at radius 3 is 2.40 bits per heavy atom. The number of carbonyl (C=O) groups excluding carboxylic acids is 1. The summed E-state index contributed by atoms with van der Waals surface area (Å²) in [6, 6.07) is 7.47. The van der Waals surface area contributed by atoms with Crippen LogP contribution >= 0.6 is 0 Å². The number of hydrogen-bond acceptors (Lipinski definition) is 3. The van der Waals surface area contributed by atoms with Crippen molar-refractivity contribution in [3.8, 4) is 5.75 Å². The Morgan fingerprint density at radius 2 is 1.80 bits per heavy atom. The molecule has 1 N–H and O–H groups in total. The van der Waals surface area contributed by atoms with Gasteiger partial charge in [0.05, 0.1) is 6.61 Å². The summed E-state index contributed by atoms with van der Waals surface area (Å²) < 4.78 is 5.61. The highest BCUT2D eigenvalue weighted by atomic mass is 16.5. The third-order valence-corrected chi connectivity index (χ3v) is 3.07. The van der Waals surface area contributed by atoms with Crippen molar-refractivity contribution in [2.24, 2.45) is 0 Å². The van der Waals surface area contributed by atoms with Gasteiger partial charge in [0.2, 0.25) is 5.78 Å². The highest BCUT2D eigenvalue weighted by Crippen LogP contribution is 2.14. The van der Waals surface area contributed by atoms with Crippen molar-refractivity contribution in [2.75, 3.05) is 6.61 Å². The van der Waals surface area contributed by atoms with Gasteiger partial charge in [-0.05, 0) is 30.5 Å². The summed E-state index contributed by atoms with van der Waals surface area (Å²) in [6.45, 7) is 2.89. The number of unbranched alkanes of at least 4 members (excludes halogenated alkanes) is 3. The van der Waals surface area contributed by atoms with E-state index in [-0.39, 0.29) is 6.42 Å². The summed E-state index contributed by atoms with van der Waals surface area (Å²) in [5, 5.41) is 8.49. The molecular formula is C16H22O4. The first-order valence-electron chi connectivity index (χ1n) is 7.11. The summed E-state index contributed by atoms with van der Waals surface area (Å²) in [7, 11) is 0. The van der Waals surface area contributed by atoms with Crippen LogP contribution in [0.5, 0.6) is 5.75 Å². The number of aliphatic carboxylic acids is 1. The van der Waals surface area contributed by atoms with Crippen LogP contribution in [0.3, 0.4) is 0 Å². The summed E-state index contributed by atoms with van der Waals surface area (Å²) in [5.41, 5.74) is 0.943. The normalized spacial score (nSPS) is 10.2. The van der Waals surface area contributed by atoms with E-state index in [1.54, 1.807) is 0 Å². The standard InChI is InChI=1S/C16H22O4/c1-2-3-4-5-12-20-14-9-6-13(7-10-14)8-11-15(17)16(18)19/h6-7,9-10H,2-5,8,11-12H2,1H3,(H,18,19). The van der Waals surface area contributed by atoms with Crippen LogP contribution in [0.15, 0.2) is 24.3 Å². The highest BCUT2D eigenvalue weighted by molar-refractivity contribution is 6.32. The third-order valence-electron chi connectivity index (χ3n) is 3.07. The minimum absolute atomic E-state index is 0.0343. The number of Topliss-reactive ketones (excluding diaryl/α,β-unsaturated/α-hetero) is 1. The van der Waals surface area contributed by atoms with E-state index in [2.05, 4.69) is 6.92 Å². The number of carboxylic acids is 1. The molecule has 0 aliphatic heterocycles. The molecule has 1 rings (SSSR count). The topological polar surface area (TPSA) is 63.6 Å². The van der Waals surface area contributed by atoms with Crippen LogP contribution in [0.2, 0.25) is 0 Å². The van der Waals surface area contributed by atoms with Gasteiger partial charge in [-0.2, -0.15) is 0 Å². The van der Waals surface area contributed by atoms with Crippen LogP contribution < -0.4 is 4.74 Å². The minimum atomic E-state index is -1.36. The molecule has 0 spiro atoms. The minimum Gasteiger partial charge on any atom is -0.494 e. The predicted molar refractivity (Wildman–Crippen MR) is 77.0 cm³/mol. The number of ketones is 1. The Hall–Kier alpha value is -1.84. The molecule has 0 unspecified atom stereocenters. The Labute approximate surface area is 119 Å². The second kappa shape index (κ2) is 9.13. The maximum atomic E-state index is 11.0. The van der Waals surface area contributed by atoms with Crippen LogP contribution in [0, 0.1) is 0 Å². The number of benzene rings is 1. The first-order valence-corrected chi connectivity index (χ1v) is 7.11. The molecule has 0 fully saturated rings. The van der Waals surface area contributed by atoms with Crippen LogP contribution in [-0.2, 0) is 16.0 Å². The lowest BCUT2D eigenvalue weighted by molar-refractivity contribution is -0.149. The molecule has 0 saturated heterocycles. The number of aryl methyl sites for hydroxylation is 1. The second-order valence-electron chi connectivity index (χ2n) is 4.78. The highest BCUT2D eigenvalue weighted by Gasteiger charge is 2.10. The van der Waals surface area contributed by atoms with Crippen LogP contribution in [-0.4, -0.2) is 23.5 Å². The van der Waals surface area contributed by atoms with E-state index in [0.717, 1.165) is 24.3 Å². The monoisotopic (exact) mass is 278 g/mol. The molecule has 0 atom stereocenters. The number of hydrogen-bond donors (Lipinski definition) is 1. The van der Waals surface area contributed by atoms with Gasteiger partial charge < -0.3 is 9.84 Å². The molecular weight excluding hydrogens is 256 g/mol. The SMILES string of the molecule is CCCCCCOc1ccc(CCC(=O)C(=O)O)cc1. The first-order chi connectivity index (χ1) is 9.63. The molecule has 0 aliphatic carbocycles. The van der Waals surface area contributed by atoms with Gasteiger partial charge in [-0.25, -0.2) is 4.79 Å². The van der Waals surface area contributed by atoms with E-state index >= 15 is 0 Å². The Bertz CT molecular complexity index is 423. The summed E-state index contributed by atoms with van der Waals surface area (Å²) in [4.78, 5) is 21.4. The lowest BCUT2D eigenvalue weighted by Crippen LogP contribution is -2.12. The molecule has 0 bridgehead atoms. The molecule has 110 valence electrons. The van der Waals surface area contributed by atoms with E-state index in [4.69, 9.17) is 9.84 Å². The van der Waals surface area contributed by atoms with Gasteiger partial charge in [0.25, 0.3) is 0 Å². The van der Waals surface area contributed by atoms with Gasteiger partial charge in [-0.3, -0.25) is 4.79 Å². The van der Waals surface area contributed by atoms with Gasteiger partial charge in [-0.15, -0.1) is 0 Å². The molecule has 0 radical (unpaired) electrons. The maximum absolute atomic E-state index is 11.0. The van der Waals surface area contributed by atoms with Gasteiger partial charge in [-0.1, -0.05) is 38.3 Å². The maximum Gasteiger partial charge on any atom is 0.372 e. The predicted octanol–water partition coefficient (Wildman–Crippen LogP) is 3.23. The molecule has 4 nitrogen and oxygen atoms in total. The number of ether oxygens (including phenoxy) is 1. The average Bonchev–Trinajstić information content (AvgIpc) is 2.45. The van der Waals surface area contributed by atoms with E-state index in [9.17, 15) is 9.59 Å². The smallest absolute Gasteiger partial charge is 0.372 e. The molecule has 0 aliphatic rings. The van der Waals surface area contributed by atoms with E-state index in [1.807, 2.05) is 24.3 Å². The van der Waals surface area contributed by atoms with E-state index in [0.29, 0.717) is 6.42 Å². The average molecular weight is 278 g/mol. The number of carbonyl (C=O) groups is 2. The fraction of sp³-hybridized carbons (Fsp3) is 0.500. The third kappa shape index (κ3) is 6.36. The Morgan fingerprint density at radius 1 is 1.10 bits per heavy atom. The summed E-state index contributed by atoms with van der Waals surface area (Å²) in [6.07, 6.45) is 5.17. The quantitative estimate of drug-likeness (QED) is 0.527. The summed E-state index contributed by atoms with van der Waals surface area (Å²) >= 11 is 0. The molecule has 20 heavy (non-hydrogen) atoms. The second-order valence-corrected chi connectivity index (χ2v) is 4.78. The lowest BCUT2D eigenvalue weighted by Gasteiger charge is -2.06. The van der Waals surface area contributed by atoms with Crippen molar-refractivity contribution in [1.29, 1.82) is 0 Å². The van der Waals surface area contributed by atoms with Crippen molar-refractivity contribution in [2.45, 2.75) is 45.4 Å². The van der Waals surface area contributed by atoms with Gasteiger partial charge >= 0.3 is 5.97 Å². The zero-order chi connectivity index (χ0) is 14.8. The largest absolute Gasteiger partial charge is 0.494 e. The van der Waals surface area contributed by atoms with Crippen molar-refractivity contribution in [3.05, 3.63) is 29.8 Å². The van der Waals surface area contributed by atoms with Crippen molar-refractivity contribution in [1.82, 2.24) is 0 Å². The molecule has 0 aromatic heterocycles. The number of rotatable bonds is 10. The summed E-state index contributed by atoms with van der Waals surface area (Å²) in [5.74, 6) is -1.30. The fourth-order valence-electron chi connectivity index (χ4n) is 1.84. The zero-order valence-corrected chi connectivity index (χ0v) is 11.9. The van der Waals surface area contributed by atoms with E-state index in [1.165, 1.54) is 19.3 Å². The van der Waals surface area contributed by atoms with Crippen LogP contribution in [0.1, 0.15) is 44.6 Å². The Kier molecular flexibility index (Phi) is 7.40. The van der Waals surface area contributed by atoms with Gasteiger partial charge in [0, 0.05) is 6.42 Å². The molecule has 0 heterocycles. The Balaban J connectivity index is 2.29. The van der Waals surface area contributed by atoms with Crippen LogP contribution in [0.4, 0.5) is 0 Å². The van der Waals surface area contributed by atoms with E-state index < -0.39 is 11.8 Å². The molecule has 1 aromatic rings. The van der Waals surface area contributed by atoms with Crippen molar-refractivity contribution < 1.29 is 19.4 Å². The number of carboxylic acid groups (broad SMARTS) is 1. The molecule has 0 amide bonds. The molecule has 1 aromatic carbocycles. The fourth-order valence-corrected chi connectivity index (χ4v) is 1.84. The molecule has 4 heteroatoms.